The first-order chi connectivity index (χ1) is 11.1. The summed E-state index contributed by atoms with van der Waals surface area (Å²) in [6.07, 6.45) is 0. The third-order valence-corrected chi connectivity index (χ3v) is 3.79. The van der Waals surface area contributed by atoms with Crippen LogP contribution in [-0.4, -0.2) is 44.2 Å². The number of rotatable bonds is 8. The van der Waals surface area contributed by atoms with Gasteiger partial charge in [-0.1, -0.05) is 18.1 Å². The molecule has 0 saturated heterocycles. The number of likely N-dealkylation sites (N-methyl/N-ethyl adjacent to an activating group) is 1. The Bertz CT molecular complexity index is 539. The summed E-state index contributed by atoms with van der Waals surface area (Å²) in [5.41, 5.74) is 2.09. The normalized spacial score (nSPS) is 11.6. The highest BCUT2D eigenvalue weighted by molar-refractivity contribution is 5.78. The molecule has 0 saturated carbocycles. The summed E-state index contributed by atoms with van der Waals surface area (Å²) in [7, 11) is 1.89. The fraction of sp³-hybridized carbons (Fsp3) is 0.526. The van der Waals surface area contributed by atoms with Crippen LogP contribution in [-0.2, 0) is 9.53 Å². The molecule has 1 unspecified atom stereocenters. The van der Waals surface area contributed by atoms with Crippen LogP contribution in [0.25, 0.3) is 0 Å². The lowest BCUT2D eigenvalue weighted by Gasteiger charge is -2.26. The second-order valence-corrected chi connectivity index (χ2v) is 5.26. The molecule has 1 aromatic rings. The molecule has 0 aliphatic rings. The van der Waals surface area contributed by atoms with E-state index in [4.69, 9.17) is 4.74 Å². The summed E-state index contributed by atoms with van der Waals surface area (Å²) in [5, 5.41) is 0. The van der Waals surface area contributed by atoms with Crippen LogP contribution >= 0.6 is 0 Å². The van der Waals surface area contributed by atoms with Crippen LogP contribution in [0.15, 0.2) is 24.3 Å². The minimum absolute atomic E-state index is 0.233. The lowest BCUT2D eigenvalue weighted by Crippen LogP contribution is -2.32. The minimum Gasteiger partial charge on any atom is -0.465 e. The molecule has 0 heterocycles. The summed E-state index contributed by atoms with van der Waals surface area (Å²) in [6.45, 7) is 10.7. The van der Waals surface area contributed by atoms with Crippen LogP contribution in [0.5, 0.6) is 0 Å². The molecule has 0 bridgehead atoms. The van der Waals surface area contributed by atoms with Gasteiger partial charge in [-0.05, 0) is 52.4 Å². The first kappa shape index (κ1) is 19.1. The van der Waals surface area contributed by atoms with Gasteiger partial charge in [0, 0.05) is 18.8 Å². The molecule has 0 spiro atoms. The summed E-state index contributed by atoms with van der Waals surface area (Å²) in [6, 6.07) is 7.71. The van der Waals surface area contributed by atoms with Gasteiger partial charge in [-0.25, -0.2) is 4.79 Å². The van der Waals surface area contributed by atoms with Crippen LogP contribution in [0.1, 0.15) is 39.3 Å². The van der Waals surface area contributed by atoms with Crippen molar-refractivity contribution < 1.29 is 9.53 Å². The molecule has 1 rings (SSSR count). The van der Waals surface area contributed by atoms with Crippen molar-refractivity contribution in [2.24, 2.45) is 0 Å². The maximum absolute atomic E-state index is 12.4. The largest absolute Gasteiger partial charge is 0.465 e. The van der Waals surface area contributed by atoms with E-state index in [0.717, 1.165) is 24.3 Å². The van der Waals surface area contributed by atoms with Crippen LogP contribution in [0.2, 0.25) is 0 Å². The van der Waals surface area contributed by atoms with Crippen molar-refractivity contribution >= 4 is 11.7 Å². The van der Waals surface area contributed by atoms with Crippen molar-refractivity contribution in [3.8, 4) is 11.8 Å². The molecule has 0 radical (unpaired) electrons. The molecule has 126 valence electrons. The minimum atomic E-state index is -0.429. The number of anilines is 1. The summed E-state index contributed by atoms with van der Waals surface area (Å²) in [4.78, 5) is 16.5. The molecule has 4 heteroatoms. The number of esters is 1. The van der Waals surface area contributed by atoms with E-state index in [0.29, 0.717) is 13.2 Å². The van der Waals surface area contributed by atoms with Crippen molar-refractivity contribution in [3.05, 3.63) is 29.8 Å². The first-order valence-electron chi connectivity index (χ1n) is 8.20. The molecule has 0 aliphatic heterocycles. The predicted octanol–water partition coefficient (Wildman–Crippen LogP) is 3.09. The van der Waals surface area contributed by atoms with E-state index >= 15 is 0 Å². The monoisotopic (exact) mass is 316 g/mol. The van der Waals surface area contributed by atoms with Crippen molar-refractivity contribution in [1.29, 1.82) is 0 Å². The number of hydrogen-bond acceptors (Lipinski definition) is 4. The van der Waals surface area contributed by atoms with E-state index in [9.17, 15) is 4.79 Å². The van der Waals surface area contributed by atoms with Gasteiger partial charge in [0.05, 0.1) is 13.2 Å². The fourth-order valence-electron chi connectivity index (χ4n) is 2.54. The quantitative estimate of drug-likeness (QED) is 0.545. The Morgan fingerprint density at radius 3 is 2.26 bits per heavy atom. The molecular formula is C19H28N2O2. The van der Waals surface area contributed by atoms with E-state index in [1.54, 1.807) is 6.92 Å². The highest BCUT2D eigenvalue weighted by Gasteiger charge is 2.26. The maximum Gasteiger partial charge on any atom is 0.328 e. The first-order valence-corrected chi connectivity index (χ1v) is 8.20. The van der Waals surface area contributed by atoms with E-state index in [2.05, 4.69) is 42.7 Å². The van der Waals surface area contributed by atoms with Gasteiger partial charge >= 0.3 is 5.97 Å². The third-order valence-electron chi connectivity index (χ3n) is 3.79. The van der Waals surface area contributed by atoms with Gasteiger partial charge in [0.2, 0.25) is 0 Å². The lowest BCUT2D eigenvalue weighted by atomic mass is 10.0. The zero-order valence-corrected chi connectivity index (χ0v) is 14.9. The molecule has 1 atom stereocenters. The third kappa shape index (κ3) is 5.30. The van der Waals surface area contributed by atoms with E-state index in [1.165, 1.54) is 0 Å². The smallest absolute Gasteiger partial charge is 0.328 e. The Morgan fingerprint density at radius 2 is 1.78 bits per heavy atom. The molecule has 0 amide bonds. The van der Waals surface area contributed by atoms with E-state index in [1.807, 2.05) is 31.0 Å². The highest BCUT2D eigenvalue weighted by atomic mass is 16.5. The molecule has 1 aromatic carbocycles. The van der Waals surface area contributed by atoms with Gasteiger partial charge in [-0.3, -0.25) is 4.90 Å². The topological polar surface area (TPSA) is 32.8 Å². The van der Waals surface area contributed by atoms with Gasteiger partial charge < -0.3 is 9.64 Å². The highest BCUT2D eigenvalue weighted by Crippen LogP contribution is 2.24. The van der Waals surface area contributed by atoms with Gasteiger partial charge in [0.15, 0.2) is 0 Å². The van der Waals surface area contributed by atoms with Crippen LogP contribution in [0.3, 0.4) is 0 Å². The molecule has 0 N–H and O–H groups in total. The number of carbonyl (C=O) groups excluding carboxylic acids is 1. The van der Waals surface area contributed by atoms with Gasteiger partial charge in [0.25, 0.3) is 0 Å². The Labute approximate surface area is 140 Å². The Morgan fingerprint density at radius 1 is 1.17 bits per heavy atom. The molecule has 4 nitrogen and oxygen atoms in total. The number of nitrogens with zero attached hydrogens (tertiary/aromatic N) is 2. The standard InChI is InChI=1S/C19H28N2O2/c1-6-10-15-20(5)18(19(22)23-9-4)16-11-13-17(14-12-16)21(7-2)8-3/h11-14,18H,7-9,15H2,1-5H3. The van der Waals surface area contributed by atoms with Crippen molar-refractivity contribution in [2.45, 2.75) is 33.7 Å². The second kappa shape index (κ2) is 9.91. The lowest BCUT2D eigenvalue weighted by molar-refractivity contribution is -0.149. The van der Waals surface area contributed by atoms with Gasteiger partial charge in [-0.15, -0.1) is 5.92 Å². The number of hydrogen-bond donors (Lipinski definition) is 0. The number of carbonyl (C=O) groups is 1. The van der Waals surface area contributed by atoms with Crippen molar-refractivity contribution in [3.63, 3.8) is 0 Å². The summed E-state index contributed by atoms with van der Waals surface area (Å²) < 4.78 is 5.24. The Hall–Kier alpha value is -1.99. The van der Waals surface area contributed by atoms with Crippen molar-refractivity contribution in [2.75, 3.05) is 38.2 Å². The predicted molar refractivity (Wildman–Crippen MR) is 95.5 cm³/mol. The molecular weight excluding hydrogens is 288 g/mol. The molecule has 23 heavy (non-hydrogen) atoms. The number of ether oxygens (including phenoxy) is 1. The van der Waals surface area contributed by atoms with E-state index in [-0.39, 0.29) is 5.97 Å². The zero-order valence-electron chi connectivity index (χ0n) is 14.9. The second-order valence-electron chi connectivity index (χ2n) is 5.26. The Balaban J connectivity index is 3.05. The van der Waals surface area contributed by atoms with E-state index < -0.39 is 6.04 Å². The summed E-state index contributed by atoms with van der Waals surface area (Å²) in [5.74, 6) is 5.63. The molecule has 0 fully saturated rings. The molecule has 0 aromatic heterocycles. The van der Waals surface area contributed by atoms with Crippen LogP contribution in [0, 0.1) is 11.8 Å². The maximum atomic E-state index is 12.4. The number of benzene rings is 1. The Kier molecular flexibility index (Phi) is 8.21. The van der Waals surface area contributed by atoms with Crippen molar-refractivity contribution in [1.82, 2.24) is 4.90 Å². The summed E-state index contributed by atoms with van der Waals surface area (Å²) >= 11 is 0. The average Bonchev–Trinajstić information content (AvgIpc) is 2.56. The average molecular weight is 316 g/mol. The fourth-order valence-corrected chi connectivity index (χ4v) is 2.54. The van der Waals surface area contributed by atoms with Crippen LogP contribution in [0.4, 0.5) is 5.69 Å². The van der Waals surface area contributed by atoms with Gasteiger partial charge in [0.1, 0.15) is 6.04 Å². The molecule has 0 aliphatic carbocycles. The SMILES string of the molecule is CC#CCN(C)C(C(=O)OCC)c1ccc(N(CC)CC)cc1. The van der Waals surface area contributed by atoms with Gasteiger partial charge in [-0.2, -0.15) is 0 Å². The zero-order chi connectivity index (χ0) is 17.2. The van der Waals surface area contributed by atoms with Crippen LogP contribution < -0.4 is 4.90 Å².